The first-order valence-corrected chi connectivity index (χ1v) is 6.95. The molecule has 3 heteroatoms. The Bertz CT molecular complexity index is 227. The topological polar surface area (TPSA) is 41.1 Å². The maximum atomic E-state index is 11.6. The maximum absolute atomic E-state index is 11.6. The quantitative estimate of drug-likeness (QED) is 0.774. The minimum absolute atomic E-state index is 0.222. The van der Waals surface area contributed by atoms with E-state index in [0.29, 0.717) is 17.8 Å². The number of carbonyl (C=O) groups is 1. The highest BCUT2D eigenvalue weighted by Gasteiger charge is 2.15. The molecule has 0 aromatic heterocycles. The minimum Gasteiger partial charge on any atom is -0.356 e. The standard InChI is InChI=1S/C14H28N2O/c1-14(2,3)8-10-16-13(17)7-6-12-5-4-9-15-11-12/h12,15H,4-11H2,1-3H3,(H,16,17). The van der Waals surface area contributed by atoms with E-state index in [-0.39, 0.29) is 5.91 Å². The fraction of sp³-hybridized carbons (Fsp3) is 0.929. The summed E-state index contributed by atoms with van der Waals surface area (Å²) >= 11 is 0. The van der Waals surface area contributed by atoms with Crippen molar-refractivity contribution in [2.24, 2.45) is 11.3 Å². The summed E-state index contributed by atoms with van der Waals surface area (Å²) in [6.07, 6.45) is 5.31. The van der Waals surface area contributed by atoms with Gasteiger partial charge in [0, 0.05) is 13.0 Å². The molecule has 1 rings (SSSR count). The molecule has 1 heterocycles. The van der Waals surface area contributed by atoms with E-state index in [4.69, 9.17) is 0 Å². The van der Waals surface area contributed by atoms with Crippen LogP contribution in [0.3, 0.4) is 0 Å². The summed E-state index contributed by atoms with van der Waals surface area (Å²) in [5.41, 5.74) is 0.306. The second-order valence-electron chi connectivity index (χ2n) is 6.41. The molecule has 1 atom stereocenters. The summed E-state index contributed by atoms with van der Waals surface area (Å²) in [5.74, 6) is 0.928. The van der Waals surface area contributed by atoms with Crippen LogP contribution in [0.15, 0.2) is 0 Å². The maximum Gasteiger partial charge on any atom is 0.220 e. The number of nitrogens with one attached hydrogen (secondary N) is 2. The summed E-state index contributed by atoms with van der Waals surface area (Å²) in [7, 11) is 0. The predicted octanol–water partition coefficient (Wildman–Crippen LogP) is 2.32. The first-order chi connectivity index (χ1) is 7.97. The zero-order valence-electron chi connectivity index (χ0n) is 11.6. The Balaban J connectivity index is 2.04. The fourth-order valence-corrected chi connectivity index (χ4v) is 2.17. The van der Waals surface area contributed by atoms with E-state index in [9.17, 15) is 4.79 Å². The van der Waals surface area contributed by atoms with Crippen LogP contribution >= 0.6 is 0 Å². The average molecular weight is 240 g/mol. The molecule has 0 aliphatic carbocycles. The number of carbonyl (C=O) groups excluding carboxylic acids is 1. The highest BCUT2D eigenvalue weighted by molar-refractivity contribution is 5.75. The van der Waals surface area contributed by atoms with Crippen LogP contribution in [0.1, 0.15) is 52.9 Å². The number of piperidine rings is 1. The van der Waals surface area contributed by atoms with Gasteiger partial charge in [-0.15, -0.1) is 0 Å². The van der Waals surface area contributed by atoms with Gasteiger partial charge in [0.1, 0.15) is 0 Å². The molecule has 1 fully saturated rings. The van der Waals surface area contributed by atoms with Crippen LogP contribution < -0.4 is 10.6 Å². The Labute approximate surface area is 106 Å². The van der Waals surface area contributed by atoms with Crippen molar-refractivity contribution in [3.63, 3.8) is 0 Å². The van der Waals surface area contributed by atoms with Crippen LogP contribution in [-0.2, 0) is 4.79 Å². The molecule has 100 valence electrons. The molecule has 0 radical (unpaired) electrons. The Morgan fingerprint density at radius 2 is 2.18 bits per heavy atom. The first kappa shape index (κ1) is 14.5. The molecule has 1 unspecified atom stereocenters. The molecule has 17 heavy (non-hydrogen) atoms. The van der Waals surface area contributed by atoms with Crippen LogP contribution in [0.2, 0.25) is 0 Å². The molecular formula is C14H28N2O. The van der Waals surface area contributed by atoms with Crippen molar-refractivity contribution in [1.82, 2.24) is 10.6 Å². The normalized spacial score (nSPS) is 21.2. The van der Waals surface area contributed by atoms with E-state index in [1.54, 1.807) is 0 Å². The van der Waals surface area contributed by atoms with E-state index >= 15 is 0 Å². The van der Waals surface area contributed by atoms with Gasteiger partial charge >= 0.3 is 0 Å². The third-order valence-electron chi connectivity index (χ3n) is 3.38. The van der Waals surface area contributed by atoms with Crippen molar-refractivity contribution in [2.45, 2.75) is 52.9 Å². The number of rotatable bonds is 5. The van der Waals surface area contributed by atoms with Crippen LogP contribution in [0, 0.1) is 11.3 Å². The molecule has 0 bridgehead atoms. The third kappa shape index (κ3) is 7.37. The van der Waals surface area contributed by atoms with Crippen molar-refractivity contribution in [3.8, 4) is 0 Å². The van der Waals surface area contributed by atoms with Gasteiger partial charge in [-0.2, -0.15) is 0 Å². The van der Waals surface area contributed by atoms with E-state index in [2.05, 4.69) is 31.4 Å². The van der Waals surface area contributed by atoms with Gasteiger partial charge in [-0.3, -0.25) is 4.79 Å². The van der Waals surface area contributed by atoms with Crippen molar-refractivity contribution < 1.29 is 4.79 Å². The van der Waals surface area contributed by atoms with Crippen LogP contribution in [-0.4, -0.2) is 25.5 Å². The monoisotopic (exact) mass is 240 g/mol. The molecule has 0 spiro atoms. The first-order valence-electron chi connectivity index (χ1n) is 6.95. The zero-order chi connectivity index (χ0) is 12.7. The summed E-state index contributed by atoms with van der Waals surface area (Å²) in [5, 5.41) is 6.41. The summed E-state index contributed by atoms with van der Waals surface area (Å²) < 4.78 is 0. The second-order valence-corrected chi connectivity index (χ2v) is 6.41. The Morgan fingerprint density at radius 1 is 1.41 bits per heavy atom. The van der Waals surface area contributed by atoms with Gasteiger partial charge in [0.25, 0.3) is 0 Å². The van der Waals surface area contributed by atoms with Crippen LogP contribution in [0.5, 0.6) is 0 Å². The fourth-order valence-electron chi connectivity index (χ4n) is 2.17. The average Bonchev–Trinajstić information content (AvgIpc) is 2.26. The van der Waals surface area contributed by atoms with Crippen molar-refractivity contribution in [2.75, 3.05) is 19.6 Å². The SMILES string of the molecule is CC(C)(C)CCNC(=O)CCC1CCCNC1. The second kappa shape index (κ2) is 7.00. The number of hydrogen-bond acceptors (Lipinski definition) is 2. The van der Waals surface area contributed by atoms with Gasteiger partial charge < -0.3 is 10.6 Å². The van der Waals surface area contributed by atoms with Gasteiger partial charge in [0.15, 0.2) is 0 Å². The number of hydrogen-bond donors (Lipinski definition) is 2. The lowest BCUT2D eigenvalue weighted by Crippen LogP contribution is -2.32. The minimum atomic E-state index is 0.222. The van der Waals surface area contributed by atoms with Crippen molar-refractivity contribution >= 4 is 5.91 Å². The van der Waals surface area contributed by atoms with Gasteiger partial charge in [-0.25, -0.2) is 0 Å². The summed E-state index contributed by atoms with van der Waals surface area (Å²) in [4.78, 5) is 11.6. The summed E-state index contributed by atoms with van der Waals surface area (Å²) in [6.45, 7) is 9.65. The van der Waals surface area contributed by atoms with E-state index in [0.717, 1.165) is 32.5 Å². The van der Waals surface area contributed by atoms with E-state index in [1.165, 1.54) is 12.8 Å². The number of amides is 1. The summed E-state index contributed by atoms with van der Waals surface area (Å²) in [6, 6.07) is 0. The van der Waals surface area contributed by atoms with Gasteiger partial charge in [0.05, 0.1) is 0 Å². The third-order valence-corrected chi connectivity index (χ3v) is 3.38. The van der Waals surface area contributed by atoms with Crippen molar-refractivity contribution in [3.05, 3.63) is 0 Å². The molecule has 0 aromatic rings. The molecule has 2 N–H and O–H groups in total. The predicted molar refractivity (Wildman–Crippen MR) is 71.9 cm³/mol. The van der Waals surface area contributed by atoms with Crippen LogP contribution in [0.25, 0.3) is 0 Å². The van der Waals surface area contributed by atoms with Gasteiger partial charge in [-0.1, -0.05) is 20.8 Å². The smallest absolute Gasteiger partial charge is 0.220 e. The van der Waals surface area contributed by atoms with Crippen molar-refractivity contribution in [1.29, 1.82) is 0 Å². The Morgan fingerprint density at radius 3 is 2.76 bits per heavy atom. The lowest BCUT2D eigenvalue weighted by Gasteiger charge is -2.22. The molecule has 1 aliphatic heterocycles. The van der Waals surface area contributed by atoms with E-state index < -0.39 is 0 Å². The molecule has 0 aromatic carbocycles. The zero-order valence-corrected chi connectivity index (χ0v) is 11.6. The highest BCUT2D eigenvalue weighted by atomic mass is 16.1. The Kier molecular flexibility index (Phi) is 5.96. The van der Waals surface area contributed by atoms with Crippen LogP contribution in [0.4, 0.5) is 0 Å². The lowest BCUT2D eigenvalue weighted by molar-refractivity contribution is -0.121. The van der Waals surface area contributed by atoms with E-state index in [1.807, 2.05) is 0 Å². The molecule has 1 saturated heterocycles. The molecule has 1 aliphatic rings. The molecular weight excluding hydrogens is 212 g/mol. The highest BCUT2D eigenvalue weighted by Crippen LogP contribution is 2.17. The van der Waals surface area contributed by atoms with Gasteiger partial charge in [0.2, 0.25) is 5.91 Å². The largest absolute Gasteiger partial charge is 0.356 e. The lowest BCUT2D eigenvalue weighted by atomic mass is 9.92. The van der Waals surface area contributed by atoms with Gasteiger partial charge in [-0.05, 0) is 50.1 Å². The molecule has 3 nitrogen and oxygen atoms in total. The molecule has 1 amide bonds. The molecule has 0 saturated carbocycles. The Hall–Kier alpha value is -0.570.